The molecule has 1 heterocycles. The van der Waals surface area contributed by atoms with Crippen molar-refractivity contribution < 1.29 is 4.79 Å². The average molecular weight is 219 g/mol. The zero-order valence-corrected chi connectivity index (χ0v) is 9.48. The Morgan fingerprint density at radius 2 is 1.79 bits per heavy atom. The van der Waals surface area contributed by atoms with Crippen LogP contribution in [-0.4, -0.2) is 29.9 Å². The number of hydrogen-bond acceptors (Lipinski definition) is 2. The highest BCUT2D eigenvalue weighted by Gasteiger charge is 2.45. The molecule has 2 aliphatic rings. The van der Waals surface area contributed by atoms with E-state index in [9.17, 15) is 4.79 Å². The Bertz CT molecular complexity index is 216. The van der Waals surface area contributed by atoms with Gasteiger partial charge in [0.15, 0.2) is 0 Å². The first kappa shape index (κ1) is 11.8. The van der Waals surface area contributed by atoms with Crippen LogP contribution in [0.25, 0.3) is 0 Å². The van der Waals surface area contributed by atoms with E-state index in [1.54, 1.807) is 6.92 Å². The molecule has 14 heavy (non-hydrogen) atoms. The summed E-state index contributed by atoms with van der Waals surface area (Å²) in [6, 6.07) is -0.326. The van der Waals surface area contributed by atoms with E-state index in [1.165, 1.54) is 25.7 Å². The third-order valence-electron chi connectivity index (χ3n) is 3.48. The lowest BCUT2D eigenvalue weighted by molar-refractivity contribution is -0.133. The summed E-state index contributed by atoms with van der Waals surface area (Å²) in [5, 5.41) is 0. The predicted octanol–water partition coefficient (Wildman–Crippen LogP) is 1.16. The minimum Gasteiger partial charge on any atom is -0.341 e. The topological polar surface area (TPSA) is 46.3 Å². The zero-order chi connectivity index (χ0) is 9.47. The number of amides is 1. The van der Waals surface area contributed by atoms with E-state index < -0.39 is 0 Å². The summed E-state index contributed by atoms with van der Waals surface area (Å²) in [5.74, 6) is 0.121. The van der Waals surface area contributed by atoms with Crippen molar-refractivity contribution in [3.8, 4) is 0 Å². The van der Waals surface area contributed by atoms with E-state index in [4.69, 9.17) is 5.73 Å². The second kappa shape index (κ2) is 4.07. The number of carbonyl (C=O) groups is 1. The Balaban J connectivity index is 0.000000980. The minimum atomic E-state index is -0.326. The fraction of sp³-hybridized carbons (Fsp3) is 0.900. The summed E-state index contributed by atoms with van der Waals surface area (Å²) >= 11 is 0. The minimum absolute atomic E-state index is 0. The lowest BCUT2D eigenvalue weighted by Crippen LogP contribution is -2.46. The molecule has 1 amide bonds. The van der Waals surface area contributed by atoms with Crippen LogP contribution in [0.5, 0.6) is 0 Å². The van der Waals surface area contributed by atoms with Crippen LogP contribution >= 0.6 is 12.4 Å². The molecule has 1 spiro atoms. The smallest absolute Gasteiger partial charge is 0.239 e. The van der Waals surface area contributed by atoms with Gasteiger partial charge in [0.05, 0.1) is 6.04 Å². The van der Waals surface area contributed by atoms with E-state index in [0.717, 1.165) is 13.1 Å². The maximum Gasteiger partial charge on any atom is 0.239 e. The second-order valence-electron chi connectivity index (χ2n) is 4.61. The predicted molar refractivity (Wildman–Crippen MR) is 58.4 cm³/mol. The van der Waals surface area contributed by atoms with Gasteiger partial charge in [-0.2, -0.15) is 0 Å². The van der Waals surface area contributed by atoms with E-state index in [2.05, 4.69) is 0 Å². The summed E-state index contributed by atoms with van der Waals surface area (Å²) < 4.78 is 0. The second-order valence-corrected chi connectivity index (χ2v) is 4.61. The molecule has 0 bridgehead atoms. The first-order valence-electron chi connectivity index (χ1n) is 5.17. The molecule has 0 unspecified atom stereocenters. The fourth-order valence-electron chi connectivity index (χ4n) is 2.17. The summed E-state index contributed by atoms with van der Waals surface area (Å²) in [6.45, 7) is 3.63. The summed E-state index contributed by atoms with van der Waals surface area (Å²) in [6.07, 6.45) is 5.16. The molecular formula is C10H19ClN2O. The molecule has 1 atom stereocenters. The zero-order valence-electron chi connectivity index (χ0n) is 8.66. The number of piperidine rings is 1. The van der Waals surface area contributed by atoms with Gasteiger partial charge in [-0.15, -0.1) is 12.4 Å². The van der Waals surface area contributed by atoms with Crippen LogP contribution in [0.2, 0.25) is 0 Å². The van der Waals surface area contributed by atoms with E-state index >= 15 is 0 Å². The van der Waals surface area contributed by atoms with Crippen molar-refractivity contribution in [2.24, 2.45) is 11.1 Å². The van der Waals surface area contributed by atoms with Gasteiger partial charge in [-0.05, 0) is 38.0 Å². The number of nitrogens with two attached hydrogens (primary N) is 1. The van der Waals surface area contributed by atoms with Crippen LogP contribution in [0, 0.1) is 5.41 Å². The van der Waals surface area contributed by atoms with Crippen LogP contribution in [-0.2, 0) is 4.79 Å². The number of carbonyl (C=O) groups excluding carboxylic acids is 1. The van der Waals surface area contributed by atoms with Crippen molar-refractivity contribution in [3.05, 3.63) is 0 Å². The van der Waals surface area contributed by atoms with Crippen molar-refractivity contribution in [2.45, 2.75) is 38.6 Å². The number of hydrogen-bond donors (Lipinski definition) is 1. The fourth-order valence-corrected chi connectivity index (χ4v) is 2.17. The molecule has 1 saturated carbocycles. The lowest BCUT2D eigenvalue weighted by Gasteiger charge is -2.33. The molecule has 1 saturated heterocycles. The van der Waals surface area contributed by atoms with Gasteiger partial charge in [0.25, 0.3) is 0 Å². The van der Waals surface area contributed by atoms with Crippen molar-refractivity contribution in [2.75, 3.05) is 13.1 Å². The maximum atomic E-state index is 11.5. The summed E-state index contributed by atoms with van der Waals surface area (Å²) in [7, 11) is 0. The molecule has 2 fully saturated rings. The van der Waals surface area contributed by atoms with Crippen LogP contribution in [0.3, 0.4) is 0 Å². The lowest BCUT2D eigenvalue weighted by atomic mass is 9.93. The molecule has 82 valence electrons. The van der Waals surface area contributed by atoms with Crippen LogP contribution in [0.1, 0.15) is 32.6 Å². The summed E-state index contributed by atoms with van der Waals surface area (Å²) in [5.41, 5.74) is 6.21. The Kier molecular flexibility index (Phi) is 3.43. The molecule has 2 N–H and O–H groups in total. The molecule has 0 aromatic carbocycles. The number of likely N-dealkylation sites (tertiary alicyclic amines) is 1. The normalized spacial score (nSPS) is 25.4. The molecule has 1 aliphatic carbocycles. The van der Waals surface area contributed by atoms with Gasteiger partial charge in [-0.3, -0.25) is 4.79 Å². The average Bonchev–Trinajstić information content (AvgIpc) is 2.85. The van der Waals surface area contributed by atoms with Crippen LogP contribution in [0.15, 0.2) is 0 Å². The highest BCUT2D eigenvalue weighted by Crippen LogP contribution is 2.53. The van der Waals surface area contributed by atoms with E-state index in [-0.39, 0.29) is 24.4 Å². The quantitative estimate of drug-likeness (QED) is 0.718. The van der Waals surface area contributed by atoms with Crippen molar-refractivity contribution in [3.63, 3.8) is 0 Å². The van der Waals surface area contributed by atoms with Crippen molar-refractivity contribution in [1.82, 2.24) is 4.90 Å². The standard InChI is InChI=1S/C10H18N2O.ClH/c1-8(11)9(13)12-6-4-10(2-3-10)5-7-12;/h8H,2-7,11H2,1H3;1H/t8-;/m1./s1. The SMILES string of the molecule is C[C@@H](N)C(=O)N1CCC2(CC1)CC2.Cl. The molecule has 0 aromatic heterocycles. The van der Waals surface area contributed by atoms with Gasteiger partial charge < -0.3 is 10.6 Å². The Morgan fingerprint density at radius 3 is 2.14 bits per heavy atom. The third-order valence-corrected chi connectivity index (χ3v) is 3.48. The first-order chi connectivity index (χ1) is 6.13. The molecule has 4 heteroatoms. The number of nitrogens with zero attached hydrogens (tertiary/aromatic N) is 1. The van der Waals surface area contributed by atoms with E-state index in [1.807, 2.05) is 4.90 Å². The highest BCUT2D eigenvalue weighted by atomic mass is 35.5. The summed E-state index contributed by atoms with van der Waals surface area (Å²) in [4.78, 5) is 13.5. The number of rotatable bonds is 1. The van der Waals surface area contributed by atoms with Crippen molar-refractivity contribution >= 4 is 18.3 Å². The molecular weight excluding hydrogens is 200 g/mol. The third kappa shape index (κ3) is 2.20. The monoisotopic (exact) mass is 218 g/mol. The largest absolute Gasteiger partial charge is 0.341 e. The molecule has 3 nitrogen and oxygen atoms in total. The van der Waals surface area contributed by atoms with Gasteiger partial charge in [-0.25, -0.2) is 0 Å². The molecule has 0 radical (unpaired) electrons. The number of halogens is 1. The van der Waals surface area contributed by atoms with Gasteiger partial charge in [0.1, 0.15) is 0 Å². The maximum absolute atomic E-state index is 11.5. The molecule has 1 aliphatic heterocycles. The molecule has 2 rings (SSSR count). The van der Waals surface area contributed by atoms with Crippen molar-refractivity contribution in [1.29, 1.82) is 0 Å². The van der Waals surface area contributed by atoms with Gasteiger partial charge >= 0.3 is 0 Å². The van der Waals surface area contributed by atoms with Gasteiger partial charge in [0.2, 0.25) is 5.91 Å². The molecule has 0 aromatic rings. The Hall–Kier alpha value is -0.280. The Labute approximate surface area is 91.4 Å². The first-order valence-corrected chi connectivity index (χ1v) is 5.17. The van der Waals surface area contributed by atoms with Gasteiger partial charge in [0, 0.05) is 13.1 Å². The highest BCUT2D eigenvalue weighted by molar-refractivity contribution is 5.85. The Morgan fingerprint density at radius 1 is 1.29 bits per heavy atom. The van der Waals surface area contributed by atoms with Crippen LogP contribution in [0.4, 0.5) is 0 Å². The van der Waals surface area contributed by atoms with Crippen LogP contribution < -0.4 is 5.73 Å². The van der Waals surface area contributed by atoms with Gasteiger partial charge in [-0.1, -0.05) is 0 Å². The van der Waals surface area contributed by atoms with E-state index in [0.29, 0.717) is 5.41 Å².